The summed E-state index contributed by atoms with van der Waals surface area (Å²) in [6.45, 7) is 3.71. The monoisotopic (exact) mass is 492 g/mol. The van der Waals surface area contributed by atoms with Crippen molar-refractivity contribution in [3.05, 3.63) is 64.5 Å². The third-order valence-corrected chi connectivity index (χ3v) is 6.41. The van der Waals surface area contributed by atoms with Gasteiger partial charge in [-0.1, -0.05) is 25.5 Å². The van der Waals surface area contributed by atoms with Crippen LogP contribution in [0.15, 0.2) is 57.7 Å². The number of hydrogen-bond acceptors (Lipinski definition) is 7. The quantitative estimate of drug-likeness (QED) is 0.488. The highest BCUT2D eigenvalue weighted by molar-refractivity contribution is 5.83. The molecule has 1 fully saturated rings. The van der Waals surface area contributed by atoms with Crippen molar-refractivity contribution in [1.82, 2.24) is 9.80 Å². The molecular formula is C27H28N2O7. The summed E-state index contributed by atoms with van der Waals surface area (Å²) < 4.78 is 22.5. The Morgan fingerprint density at radius 3 is 2.53 bits per heavy atom. The zero-order valence-corrected chi connectivity index (χ0v) is 20.1. The predicted molar refractivity (Wildman–Crippen MR) is 131 cm³/mol. The largest absolute Gasteiger partial charge is 0.485 e. The highest BCUT2D eigenvalue weighted by atomic mass is 16.6. The molecule has 1 saturated heterocycles. The summed E-state index contributed by atoms with van der Waals surface area (Å²) in [5, 5.41) is 0.867. The maximum atomic E-state index is 12.9. The van der Waals surface area contributed by atoms with Crippen molar-refractivity contribution in [3.63, 3.8) is 0 Å². The molecule has 9 nitrogen and oxygen atoms in total. The minimum Gasteiger partial charge on any atom is -0.485 e. The average molecular weight is 493 g/mol. The molecule has 1 atom stereocenters. The van der Waals surface area contributed by atoms with E-state index in [1.165, 1.54) is 6.07 Å². The summed E-state index contributed by atoms with van der Waals surface area (Å²) in [6.07, 6.45) is 0.999. The van der Waals surface area contributed by atoms with E-state index in [2.05, 4.69) is 6.92 Å². The van der Waals surface area contributed by atoms with Crippen LogP contribution in [-0.2, 0) is 16.0 Å². The highest BCUT2D eigenvalue weighted by Crippen LogP contribution is 2.31. The van der Waals surface area contributed by atoms with Crippen molar-refractivity contribution in [2.75, 3.05) is 39.4 Å². The number of aryl methyl sites for hydroxylation is 1. The van der Waals surface area contributed by atoms with Gasteiger partial charge in [-0.05, 0) is 36.2 Å². The number of fused-ring (bicyclic) bond motifs is 2. The normalized spacial score (nSPS) is 17.2. The lowest BCUT2D eigenvalue weighted by Crippen LogP contribution is -2.55. The van der Waals surface area contributed by atoms with E-state index >= 15 is 0 Å². The van der Waals surface area contributed by atoms with Gasteiger partial charge < -0.3 is 28.4 Å². The van der Waals surface area contributed by atoms with Crippen LogP contribution in [0.1, 0.15) is 18.9 Å². The number of piperazine rings is 1. The first-order valence-corrected chi connectivity index (χ1v) is 12.2. The lowest BCUT2D eigenvalue weighted by molar-refractivity contribution is -0.146. The van der Waals surface area contributed by atoms with E-state index in [-0.39, 0.29) is 25.0 Å². The van der Waals surface area contributed by atoms with Gasteiger partial charge in [0, 0.05) is 43.7 Å². The molecule has 2 aliphatic heterocycles. The second kappa shape index (κ2) is 10.3. The van der Waals surface area contributed by atoms with Crippen molar-refractivity contribution in [1.29, 1.82) is 0 Å². The molecule has 188 valence electrons. The van der Waals surface area contributed by atoms with Gasteiger partial charge in [-0.15, -0.1) is 0 Å². The first kappa shape index (κ1) is 23.7. The van der Waals surface area contributed by atoms with Gasteiger partial charge in [0.15, 0.2) is 18.1 Å². The fraction of sp³-hybridized carbons (Fsp3) is 0.370. The van der Waals surface area contributed by atoms with Crippen LogP contribution in [0.25, 0.3) is 11.0 Å². The third kappa shape index (κ3) is 5.00. The number of para-hydroxylation sites is 2. The maximum absolute atomic E-state index is 12.9. The average Bonchev–Trinajstić information content (AvgIpc) is 2.91. The van der Waals surface area contributed by atoms with E-state index in [9.17, 15) is 14.4 Å². The molecule has 3 aromatic rings. The molecule has 0 N–H and O–H groups in total. The molecule has 2 aromatic carbocycles. The Morgan fingerprint density at radius 1 is 1.00 bits per heavy atom. The number of carbonyl (C=O) groups is 2. The van der Waals surface area contributed by atoms with Crippen LogP contribution >= 0.6 is 0 Å². The van der Waals surface area contributed by atoms with Crippen molar-refractivity contribution in [2.45, 2.75) is 25.9 Å². The topological polar surface area (TPSA) is 98.5 Å². The second-order valence-electron chi connectivity index (χ2n) is 8.86. The molecule has 5 rings (SSSR count). The Balaban J connectivity index is 1.14. The molecule has 36 heavy (non-hydrogen) atoms. The number of ether oxygens (including phenoxy) is 3. The molecule has 2 amide bonds. The number of carbonyl (C=O) groups excluding carboxylic acids is 2. The van der Waals surface area contributed by atoms with Crippen LogP contribution in [0.2, 0.25) is 0 Å². The van der Waals surface area contributed by atoms with Gasteiger partial charge in [-0.25, -0.2) is 4.79 Å². The van der Waals surface area contributed by atoms with Crippen LogP contribution in [0.4, 0.5) is 0 Å². The van der Waals surface area contributed by atoms with Crippen molar-refractivity contribution >= 4 is 22.8 Å². The number of rotatable bonds is 6. The summed E-state index contributed by atoms with van der Waals surface area (Å²) in [5.74, 6) is 1.33. The fourth-order valence-corrected chi connectivity index (χ4v) is 4.53. The summed E-state index contributed by atoms with van der Waals surface area (Å²) in [6, 6.07) is 14.1. The zero-order valence-electron chi connectivity index (χ0n) is 20.1. The van der Waals surface area contributed by atoms with Gasteiger partial charge >= 0.3 is 5.63 Å². The van der Waals surface area contributed by atoms with Gasteiger partial charge in [-0.2, -0.15) is 0 Å². The molecule has 0 aliphatic carbocycles. The standard InChI is InChI=1S/C27H28N2O7/c1-2-5-18-14-26(31)36-23-15-19(8-9-20(18)23)33-17-25(30)28-10-12-29(13-11-28)27(32)24-16-34-21-6-3-4-7-22(21)35-24/h3-4,6-9,14-15,24H,2,5,10-13,16-17H2,1H3. The number of hydrogen-bond donors (Lipinski definition) is 0. The second-order valence-corrected chi connectivity index (χ2v) is 8.86. The van der Waals surface area contributed by atoms with Crippen LogP contribution < -0.4 is 19.8 Å². The molecule has 1 unspecified atom stereocenters. The Morgan fingerprint density at radius 2 is 1.75 bits per heavy atom. The van der Waals surface area contributed by atoms with Crippen LogP contribution in [0.5, 0.6) is 17.2 Å². The third-order valence-electron chi connectivity index (χ3n) is 6.41. The van der Waals surface area contributed by atoms with Crippen molar-refractivity contribution in [2.24, 2.45) is 0 Å². The van der Waals surface area contributed by atoms with E-state index in [0.29, 0.717) is 49.0 Å². The Bertz CT molecular complexity index is 1330. The van der Waals surface area contributed by atoms with E-state index in [1.54, 1.807) is 34.1 Å². The van der Waals surface area contributed by atoms with Gasteiger partial charge in [0.25, 0.3) is 11.8 Å². The van der Waals surface area contributed by atoms with E-state index in [1.807, 2.05) is 18.2 Å². The molecule has 2 aliphatic rings. The first-order chi connectivity index (χ1) is 17.5. The lowest BCUT2D eigenvalue weighted by atomic mass is 10.1. The van der Waals surface area contributed by atoms with Crippen LogP contribution in [-0.4, -0.2) is 67.1 Å². The first-order valence-electron chi connectivity index (χ1n) is 12.2. The SMILES string of the molecule is CCCc1cc(=O)oc2cc(OCC(=O)N3CCN(C(=O)C4COc5ccccc5O4)CC3)ccc12. The Hall–Kier alpha value is -4.01. The zero-order chi connectivity index (χ0) is 25.1. The highest BCUT2D eigenvalue weighted by Gasteiger charge is 2.33. The van der Waals surface area contributed by atoms with E-state index in [0.717, 1.165) is 23.8 Å². The van der Waals surface area contributed by atoms with Crippen LogP contribution in [0.3, 0.4) is 0 Å². The summed E-state index contributed by atoms with van der Waals surface area (Å²) in [7, 11) is 0. The van der Waals surface area contributed by atoms with Crippen LogP contribution in [0, 0.1) is 0 Å². The summed E-state index contributed by atoms with van der Waals surface area (Å²) >= 11 is 0. The Kier molecular flexibility index (Phi) is 6.79. The molecular weight excluding hydrogens is 464 g/mol. The maximum Gasteiger partial charge on any atom is 0.336 e. The van der Waals surface area contributed by atoms with Crippen molar-refractivity contribution < 1.29 is 28.2 Å². The molecule has 9 heteroatoms. The number of nitrogens with zero attached hydrogens (tertiary/aromatic N) is 2. The number of benzene rings is 2. The number of amides is 2. The van der Waals surface area contributed by atoms with Gasteiger partial charge in [0.05, 0.1) is 0 Å². The molecule has 3 heterocycles. The molecule has 0 saturated carbocycles. The summed E-state index contributed by atoms with van der Waals surface area (Å²) in [4.78, 5) is 40.9. The molecule has 1 aromatic heterocycles. The molecule has 0 bridgehead atoms. The molecule has 0 radical (unpaired) electrons. The fourth-order valence-electron chi connectivity index (χ4n) is 4.53. The minimum absolute atomic E-state index is 0.144. The van der Waals surface area contributed by atoms with Gasteiger partial charge in [0.2, 0.25) is 6.10 Å². The van der Waals surface area contributed by atoms with Crippen molar-refractivity contribution in [3.8, 4) is 17.2 Å². The minimum atomic E-state index is -0.698. The van der Waals surface area contributed by atoms with E-state index < -0.39 is 11.7 Å². The summed E-state index contributed by atoms with van der Waals surface area (Å²) in [5.41, 5.74) is 0.980. The Labute approximate surface area is 208 Å². The van der Waals surface area contributed by atoms with Gasteiger partial charge in [-0.3, -0.25) is 9.59 Å². The van der Waals surface area contributed by atoms with Gasteiger partial charge in [0.1, 0.15) is 17.9 Å². The van der Waals surface area contributed by atoms with E-state index in [4.69, 9.17) is 18.6 Å². The predicted octanol–water partition coefficient (Wildman–Crippen LogP) is 2.64. The molecule has 0 spiro atoms. The lowest BCUT2D eigenvalue weighted by Gasteiger charge is -2.37. The smallest absolute Gasteiger partial charge is 0.336 e.